The molecule has 0 fully saturated rings. The van der Waals surface area contributed by atoms with Crippen molar-refractivity contribution in [2.75, 3.05) is 11.9 Å². The Kier molecular flexibility index (Phi) is 6.86. The molecule has 3 aromatic rings. The molecule has 0 amide bonds. The molecule has 140 valence electrons. The van der Waals surface area contributed by atoms with Crippen molar-refractivity contribution in [1.82, 2.24) is 0 Å². The largest absolute Gasteiger partial charge is 0.490 e. The zero-order valence-corrected chi connectivity index (χ0v) is 16.6. The Hall–Kier alpha value is -2.36. The summed E-state index contributed by atoms with van der Waals surface area (Å²) in [5.41, 5.74) is 3.01. The van der Waals surface area contributed by atoms with Gasteiger partial charge in [-0.05, 0) is 48.4 Å². The maximum atomic E-state index is 6.49. The molecule has 3 aromatic carbocycles. The van der Waals surface area contributed by atoms with E-state index in [1.807, 2.05) is 73.7 Å². The standard InChI is InChI=1S/C22H21Cl2NO2/c1-2-26-21-12-17(14-25-19-10-6-9-18(23)13-19)11-20(24)22(21)27-15-16-7-4-3-5-8-16/h3-13,25H,2,14-15H2,1H3. The lowest BCUT2D eigenvalue weighted by molar-refractivity contribution is 0.269. The van der Waals surface area contributed by atoms with Crippen molar-refractivity contribution in [2.24, 2.45) is 0 Å². The highest BCUT2D eigenvalue weighted by molar-refractivity contribution is 6.32. The summed E-state index contributed by atoms with van der Waals surface area (Å²) in [4.78, 5) is 0. The molecule has 0 heterocycles. The van der Waals surface area contributed by atoms with Gasteiger partial charge in [-0.15, -0.1) is 0 Å². The minimum absolute atomic E-state index is 0.431. The summed E-state index contributed by atoms with van der Waals surface area (Å²) in [7, 11) is 0. The fraction of sp³-hybridized carbons (Fsp3) is 0.182. The Labute approximate surface area is 169 Å². The summed E-state index contributed by atoms with van der Waals surface area (Å²) in [5.74, 6) is 1.21. The van der Waals surface area contributed by atoms with Crippen LogP contribution in [0.15, 0.2) is 66.7 Å². The molecule has 0 aromatic heterocycles. The summed E-state index contributed by atoms with van der Waals surface area (Å²) >= 11 is 12.5. The lowest BCUT2D eigenvalue weighted by Gasteiger charge is -2.16. The van der Waals surface area contributed by atoms with Gasteiger partial charge >= 0.3 is 0 Å². The lowest BCUT2D eigenvalue weighted by atomic mass is 10.2. The highest BCUT2D eigenvalue weighted by Crippen LogP contribution is 2.37. The monoisotopic (exact) mass is 401 g/mol. The van der Waals surface area contributed by atoms with Gasteiger partial charge in [-0.1, -0.05) is 59.6 Å². The molecule has 0 aliphatic rings. The van der Waals surface area contributed by atoms with Crippen molar-refractivity contribution < 1.29 is 9.47 Å². The first-order valence-electron chi connectivity index (χ1n) is 8.77. The van der Waals surface area contributed by atoms with Crippen molar-refractivity contribution in [1.29, 1.82) is 0 Å². The third-order valence-corrected chi connectivity index (χ3v) is 4.43. The van der Waals surface area contributed by atoms with Crippen LogP contribution in [-0.2, 0) is 13.2 Å². The topological polar surface area (TPSA) is 30.5 Å². The van der Waals surface area contributed by atoms with Gasteiger partial charge in [0, 0.05) is 17.3 Å². The fourth-order valence-electron chi connectivity index (χ4n) is 2.66. The summed E-state index contributed by atoms with van der Waals surface area (Å²) in [6.45, 7) is 3.49. The summed E-state index contributed by atoms with van der Waals surface area (Å²) in [6.07, 6.45) is 0. The minimum Gasteiger partial charge on any atom is -0.490 e. The molecule has 0 radical (unpaired) electrons. The van der Waals surface area contributed by atoms with E-state index in [4.69, 9.17) is 32.7 Å². The predicted molar refractivity (Wildman–Crippen MR) is 112 cm³/mol. The molecular weight excluding hydrogens is 381 g/mol. The van der Waals surface area contributed by atoms with E-state index in [2.05, 4.69) is 5.32 Å². The molecule has 0 spiro atoms. The van der Waals surface area contributed by atoms with Gasteiger partial charge in [0.15, 0.2) is 11.5 Å². The number of anilines is 1. The molecule has 0 atom stereocenters. The van der Waals surface area contributed by atoms with Crippen molar-refractivity contribution in [3.05, 3.63) is 87.9 Å². The zero-order valence-electron chi connectivity index (χ0n) is 15.0. The first kappa shape index (κ1) is 19.4. The Bertz CT molecular complexity index is 885. The van der Waals surface area contributed by atoms with Crippen molar-refractivity contribution in [3.63, 3.8) is 0 Å². The third-order valence-electron chi connectivity index (χ3n) is 3.92. The number of halogens is 2. The van der Waals surface area contributed by atoms with Crippen molar-refractivity contribution in [2.45, 2.75) is 20.1 Å². The average Bonchev–Trinajstić information content (AvgIpc) is 2.67. The van der Waals surface area contributed by atoms with Gasteiger partial charge in [0.2, 0.25) is 0 Å². The molecule has 3 rings (SSSR count). The molecule has 0 saturated heterocycles. The first-order chi connectivity index (χ1) is 13.2. The van der Waals surface area contributed by atoms with Crippen LogP contribution < -0.4 is 14.8 Å². The first-order valence-corrected chi connectivity index (χ1v) is 9.52. The molecule has 5 heteroatoms. The van der Waals surface area contributed by atoms with Crippen LogP contribution in [0.5, 0.6) is 11.5 Å². The highest BCUT2D eigenvalue weighted by Gasteiger charge is 2.13. The maximum Gasteiger partial charge on any atom is 0.180 e. The number of hydrogen-bond acceptors (Lipinski definition) is 3. The normalized spacial score (nSPS) is 10.5. The van der Waals surface area contributed by atoms with Crippen LogP contribution in [0.4, 0.5) is 5.69 Å². The number of rotatable bonds is 8. The molecule has 27 heavy (non-hydrogen) atoms. The Morgan fingerprint density at radius 2 is 1.67 bits per heavy atom. The molecule has 0 saturated carbocycles. The Morgan fingerprint density at radius 1 is 0.852 bits per heavy atom. The second-order valence-corrected chi connectivity index (χ2v) is 6.82. The van der Waals surface area contributed by atoms with Gasteiger partial charge in [0.05, 0.1) is 11.6 Å². The maximum absolute atomic E-state index is 6.49. The number of benzene rings is 3. The van der Waals surface area contributed by atoms with Gasteiger partial charge in [0.25, 0.3) is 0 Å². The summed E-state index contributed by atoms with van der Waals surface area (Å²) < 4.78 is 11.7. The van der Waals surface area contributed by atoms with Gasteiger partial charge < -0.3 is 14.8 Å². The van der Waals surface area contributed by atoms with Crippen LogP contribution in [0.2, 0.25) is 10.0 Å². The summed E-state index contributed by atoms with van der Waals surface area (Å²) in [5, 5.41) is 4.56. The number of nitrogens with one attached hydrogen (secondary N) is 1. The lowest BCUT2D eigenvalue weighted by Crippen LogP contribution is -2.04. The van der Waals surface area contributed by atoms with E-state index in [9.17, 15) is 0 Å². The number of ether oxygens (including phenoxy) is 2. The molecule has 0 aliphatic heterocycles. The van der Waals surface area contributed by atoms with E-state index in [0.29, 0.717) is 41.3 Å². The number of hydrogen-bond donors (Lipinski definition) is 1. The van der Waals surface area contributed by atoms with Crippen molar-refractivity contribution in [3.8, 4) is 11.5 Å². The van der Waals surface area contributed by atoms with Crippen LogP contribution in [-0.4, -0.2) is 6.61 Å². The van der Waals surface area contributed by atoms with E-state index in [1.54, 1.807) is 0 Å². The molecule has 3 nitrogen and oxygen atoms in total. The van der Waals surface area contributed by atoms with Gasteiger partial charge in [-0.25, -0.2) is 0 Å². The van der Waals surface area contributed by atoms with Gasteiger partial charge in [-0.2, -0.15) is 0 Å². The molecule has 0 aliphatic carbocycles. The van der Waals surface area contributed by atoms with E-state index in [1.165, 1.54) is 0 Å². The highest BCUT2D eigenvalue weighted by atomic mass is 35.5. The second kappa shape index (κ2) is 9.54. The van der Waals surface area contributed by atoms with Gasteiger partial charge in [0.1, 0.15) is 6.61 Å². The van der Waals surface area contributed by atoms with Crippen LogP contribution in [0.1, 0.15) is 18.1 Å². The second-order valence-electron chi connectivity index (χ2n) is 5.98. The van der Waals surface area contributed by atoms with Gasteiger partial charge in [-0.3, -0.25) is 0 Å². The Balaban J connectivity index is 1.74. The van der Waals surface area contributed by atoms with Crippen LogP contribution in [0.3, 0.4) is 0 Å². The third kappa shape index (κ3) is 5.56. The molecule has 1 N–H and O–H groups in total. The zero-order chi connectivity index (χ0) is 19.1. The SMILES string of the molecule is CCOc1cc(CNc2cccc(Cl)c2)cc(Cl)c1OCc1ccccc1. The van der Waals surface area contributed by atoms with Crippen LogP contribution in [0.25, 0.3) is 0 Å². The van der Waals surface area contributed by atoms with E-state index in [-0.39, 0.29) is 0 Å². The van der Waals surface area contributed by atoms with Crippen molar-refractivity contribution >= 4 is 28.9 Å². The minimum atomic E-state index is 0.431. The van der Waals surface area contributed by atoms with E-state index in [0.717, 1.165) is 16.8 Å². The predicted octanol–water partition coefficient (Wildman–Crippen LogP) is 6.58. The molecule has 0 unspecified atom stereocenters. The smallest absolute Gasteiger partial charge is 0.180 e. The summed E-state index contributed by atoms with van der Waals surface area (Å²) in [6, 6.07) is 21.4. The molecule has 0 bridgehead atoms. The Morgan fingerprint density at radius 3 is 2.41 bits per heavy atom. The van der Waals surface area contributed by atoms with Crippen LogP contribution in [0, 0.1) is 0 Å². The fourth-order valence-corrected chi connectivity index (χ4v) is 3.14. The average molecular weight is 402 g/mol. The quantitative estimate of drug-likeness (QED) is 0.462. The molecular formula is C22H21Cl2NO2. The van der Waals surface area contributed by atoms with Crippen LogP contribution >= 0.6 is 23.2 Å². The van der Waals surface area contributed by atoms with E-state index >= 15 is 0 Å². The van der Waals surface area contributed by atoms with E-state index < -0.39 is 0 Å².